The monoisotopic (exact) mass is 506 g/mol. The van der Waals surface area contributed by atoms with Crippen LogP contribution >= 0.6 is 11.6 Å². The molecule has 0 aliphatic heterocycles. The highest BCUT2D eigenvalue weighted by Crippen LogP contribution is 2.51. The number of anilines is 2. The normalized spacial score (nSPS) is 23.6. The predicted octanol–water partition coefficient (Wildman–Crippen LogP) is 5.52. The van der Waals surface area contributed by atoms with Crippen LogP contribution in [0.5, 0.6) is 0 Å². The molecular formula is C24H26ClF3N6O. The third-order valence-corrected chi connectivity index (χ3v) is 7.52. The highest BCUT2D eigenvalue weighted by molar-refractivity contribution is 6.31. The molecule has 2 atom stereocenters. The number of carbonyl (C=O) groups excluding carboxylic acids is 1. The Morgan fingerprint density at radius 3 is 2.49 bits per heavy atom. The summed E-state index contributed by atoms with van der Waals surface area (Å²) < 4.78 is 42.5. The molecular weight excluding hydrogens is 481 g/mol. The standard InChI is InChI=1S/C24H26ClF3N6O/c1-33-11-29-21(22(33)24(35)31-15-3-4-18(26)17(25)9-15)14-5-12-7-16(8-13(12)6-14)30-20-10-19(23(27)28)32-34(20)2/h3-4,9-14,16,23,30H,5-8H2,1-2H3,(H,31,35). The van der Waals surface area contributed by atoms with Crippen LogP contribution in [0.25, 0.3) is 0 Å². The van der Waals surface area contributed by atoms with Gasteiger partial charge in [-0.1, -0.05) is 11.6 Å². The van der Waals surface area contributed by atoms with Crippen molar-refractivity contribution in [2.75, 3.05) is 10.6 Å². The Morgan fingerprint density at radius 1 is 1.14 bits per heavy atom. The minimum absolute atomic E-state index is 0.0589. The Kier molecular flexibility index (Phi) is 6.25. The zero-order chi connectivity index (χ0) is 24.9. The maximum Gasteiger partial charge on any atom is 0.282 e. The molecule has 2 saturated carbocycles. The molecule has 2 aliphatic carbocycles. The number of nitrogens with zero attached hydrogens (tertiary/aromatic N) is 4. The van der Waals surface area contributed by atoms with Gasteiger partial charge in [-0.15, -0.1) is 0 Å². The van der Waals surface area contributed by atoms with Gasteiger partial charge in [0.15, 0.2) is 0 Å². The van der Waals surface area contributed by atoms with Crippen molar-refractivity contribution >= 4 is 29.0 Å². The number of amides is 1. The van der Waals surface area contributed by atoms with Crippen molar-refractivity contribution in [3.05, 3.63) is 58.5 Å². The lowest BCUT2D eigenvalue weighted by Gasteiger charge is -2.17. The first-order valence-electron chi connectivity index (χ1n) is 11.6. The fraction of sp³-hybridized carbons (Fsp3) is 0.458. The number of fused-ring (bicyclic) bond motifs is 1. The molecule has 2 N–H and O–H groups in total. The molecule has 5 rings (SSSR count). The first-order chi connectivity index (χ1) is 16.7. The molecule has 11 heteroatoms. The summed E-state index contributed by atoms with van der Waals surface area (Å²) in [6, 6.07) is 5.67. The van der Waals surface area contributed by atoms with Crippen molar-refractivity contribution in [1.29, 1.82) is 0 Å². The number of benzene rings is 1. The summed E-state index contributed by atoms with van der Waals surface area (Å²) in [6.07, 6.45) is 2.73. The summed E-state index contributed by atoms with van der Waals surface area (Å²) in [4.78, 5) is 17.6. The van der Waals surface area contributed by atoms with Gasteiger partial charge in [-0.25, -0.2) is 18.2 Å². The van der Waals surface area contributed by atoms with Gasteiger partial charge in [0.05, 0.1) is 17.0 Å². The van der Waals surface area contributed by atoms with Crippen LogP contribution in [-0.4, -0.2) is 31.3 Å². The number of alkyl halides is 2. The van der Waals surface area contributed by atoms with Crippen LogP contribution in [0.4, 0.5) is 24.7 Å². The molecule has 2 aromatic heterocycles. The van der Waals surface area contributed by atoms with E-state index in [9.17, 15) is 18.0 Å². The second kappa shape index (κ2) is 9.22. The second-order valence-corrected chi connectivity index (χ2v) is 9.96. The molecule has 2 unspecified atom stereocenters. The van der Waals surface area contributed by atoms with Crippen molar-refractivity contribution in [2.45, 2.75) is 44.1 Å². The predicted molar refractivity (Wildman–Crippen MR) is 126 cm³/mol. The topological polar surface area (TPSA) is 76.8 Å². The molecule has 0 saturated heterocycles. The number of halogens is 4. The van der Waals surface area contributed by atoms with E-state index < -0.39 is 12.2 Å². The van der Waals surface area contributed by atoms with Crippen molar-refractivity contribution in [3.63, 3.8) is 0 Å². The van der Waals surface area contributed by atoms with E-state index in [0.29, 0.717) is 29.0 Å². The van der Waals surface area contributed by atoms with Gasteiger partial charge in [0.1, 0.15) is 23.0 Å². The molecule has 186 valence electrons. The lowest BCUT2D eigenvalue weighted by molar-refractivity contribution is 0.101. The molecule has 2 heterocycles. The molecule has 1 amide bonds. The van der Waals surface area contributed by atoms with E-state index in [1.54, 1.807) is 25.0 Å². The maximum atomic E-state index is 13.5. The number of nitrogens with one attached hydrogen (secondary N) is 2. The fourth-order valence-electron chi connectivity index (χ4n) is 5.69. The summed E-state index contributed by atoms with van der Waals surface area (Å²) >= 11 is 5.84. The van der Waals surface area contributed by atoms with Crippen LogP contribution in [0, 0.1) is 17.7 Å². The van der Waals surface area contributed by atoms with Crippen LogP contribution in [0.3, 0.4) is 0 Å². The van der Waals surface area contributed by atoms with E-state index in [2.05, 4.69) is 20.7 Å². The maximum absolute atomic E-state index is 13.5. The second-order valence-electron chi connectivity index (χ2n) is 9.55. The van der Waals surface area contributed by atoms with Crippen LogP contribution < -0.4 is 10.6 Å². The van der Waals surface area contributed by atoms with E-state index in [0.717, 1.165) is 31.4 Å². The van der Waals surface area contributed by atoms with Crippen molar-refractivity contribution in [3.8, 4) is 0 Å². The molecule has 0 spiro atoms. The Labute approximate surface area is 205 Å². The minimum Gasteiger partial charge on any atom is -0.368 e. The number of rotatable bonds is 6. The lowest BCUT2D eigenvalue weighted by Crippen LogP contribution is -2.20. The number of imidazole rings is 1. The third-order valence-electron chi connectivity index (χ3n) is 7.23. The third kappa shape index (κ3) is 4.63. The SMILES string of the molecule is Cn1cnc(C2CC3CC(Nc4cc(C(F)F)nn4C)CC3C2)c1C(=O)Nc1ccc(F)c(Cl)c1. The van der Waals surface area contributed by atoms with E-state index in [-0.39, 0.29) is 28.6 Å². The Bertz CT molecular complexity index is 1240. The highest BCUT2D eigenvalue weighted by atomic mass is 35.5. The molecule has 3 aromatic rings. The fourth-order valence-corrected chi connectivity index (χ4v) is 5.87. The number of aryl methyl sites for hydroxylation is 2. The van der Waals surface area contributed by atoms with Gasteiger partial charge in [0, 0.05) is 37.8 Å². The summed E-state index contributed by atoms with van der Waals surface area (Å²) in [6.45, 7) is 0. The average molecular weight is 507 g/mol. The molecule has 0 bridgehead atoms. The van der Waals surface area contributed by atoms with Gasteiger partial charge in [-0.2, -0.15) is 5.10 Å². The van der Waals surface area contributed by atoms with E-state index in [4.69, 9.17) is 11.6 Å². The number of aromatic nitrogens is 4. The van der Waals surface area contributed by atoms with Gasteiger partial charge in [-0.05, 0) is 55.7 Å². The zero-order valence-corrected chi connectivity index (χ0v) is 20.1. The Hall–Kier alpha value is -3.01. The minimum atomic E-state index is -2.59. The van der Waals surface area contributed by atoms with E-state index in [1.807, 2.05) is 0 Å². The van der Waals surface area contributed by atoms with Crippen molar-refractivity contribution < 1.29 is 18.0 Å². The largest absolute Gasteiger partial charge is 0.368 e. The number of hydrogen-bond donors (Lipinski definition) is 2. The number of carbonyl (C=O) groups is 1. The van der Waals surface area contributed by atoms with Crippen LogP contribution in [-0.2, 0) is 14.1 Å². The molecule has 1 aromatic carbocycles. The highest BCUT2D eigenvalue weighted by Gasteiger charge is 2.44. The van der Waals surface area contributed by atoms with Crippen LogP contribution in [0.1, 0.15) is 59.9 Å². The van der Waals surface area contributed by atoms with Crippen molar-refractivity contribution in [2.24, 2.45) is 25.9 Å². The van der Waals surface area contributed by atoms with Gasteiger partial charge in [0.2, 0.25) is 0 Å². The van der Waals surface area contributed by atoms with Gasteiger partial charge < -0.3 is 15.2 Å². The van der Waals surface area contributed by atoms with Gasteiger partial charge >= 0.3 is 0 Å². The zero-order valence-electron chi connectivity index (χ0n) is 19.3. The Morgan fingerprint density at radius 2 is 1.86 bits per heavy atom. The van der Waals surface area contributed by atoms with Gasteiger partial charge in [0.25, 0.3) is 12.3 Å². The first-order valence-corrected chi connectivity index (χ1v) is 11.9. The van der Waals surface area contributed by atoms with E-state index >= 15 is 0 Å². The van der Waals surface area contributed by atoms with E-state index in [1.165, 1.54) is 28.9 Å². The first kappa shape index (κ1) is 23.7. The summed E-state index contributed by atoms with van der Waals surface area (Å²) in [5, 5.41) is 9.99. The molecule has 2 fully saturated rings. The number of hydrogen-bond acceptors (Lipinski definition) is 4. The summed E-state index contributed by atoms with van der Waals surface area (Å²) in [5.41, 5.74) is 1.44. The smallest absolute Gasteiger partial charge is 0.282 e. The molecule has 2 aliphatic rings. The summed E-state index contributed by atoms with van der Waals surface area (Å²) in [5.74, 6) is 0.834. The summed E-state index contributed by atoms with van der Waals surface area (Å²) in [7, 11) is 3.44. The Balaban J connectivity index is 1.24. The molecule has 7 nitrogen and oxygen atoms in total. The van der Waals surface area contributed by atoms with Crippen LogP contribution in [0.15, 0.2) is 30.6 Å². The lowest BCUT2D eigenvalue weighted by atomic mass is 9.97. The van der Waals surface area contributed by atoms with Crippen molar-refractivity contribution in [1.82, 2.24) is 19.3 Å². The average Bonchev–Trinajstić information content (AvgIpc) is 3.54. The quantitative estimate of drug-likeness (QED) is 0.461. The van der Waals surface area contributed by atoms with Gasteiger partial charge in [-0.3, -0.25) is 9.48 Å². The molecule has 0 radical (unpaired) electrons. The molecule has 35 heavy (non-hydrogen) atoms. The van der Waals surface area contributed by atoms with Crippen LogP contribution in [0.2, 0.25) is 5.02 Å².